The van der Waals surface area contributed by atoms with Crippen LogP contribution in [-0.2, 0) is 14.8 Å². The quantitative estimate of drug-likeness (QED) is 0.297. The fourth-order valence-electron chi connectivity index (χ4n) is 2.67. The summed E-state index contributed by atoms with van der Waals surface area (Å²) in [5.41, 5.74) is 1.47. The molecule has 0 aliphatic carbocycles. The number of hydrogen-bond donors (Lipinski definition) is 4. The van der Waals surface area contributed by atoms with Gasteiger partial charge < -0.3 is 14.9 Å². The van der Waals surface area contributed by atoms with E-state index in [0.717, 1.165) is 4.31 Å². The number of piperidine rings is 1. The lowest BCUT2D eigenvalue weighted by Crippen LogP contribution is -2.54. The number of aliphatic hydroxyl groups excluding tert-OH is 2. The second kappa shape index (κ2) is 9.16. The van der Waals surface area contributed by atoms with E-state index < -0.39 is 34.2 Å². The van der Waals surface area contributed by atoms with E-state index in [1.165, 1.54) is 36.7 Å². The van der Waals surface area contributed by atoms with Crippen LogP contribution >= 0.6 is 0 Å². The highest BCUT2D eigenvalue weighted by molar-refractivity contribution is 7.89. The average Bonchev–Trinajstić information content (AvgIpc) is 2.64. The van der Waals surface area contributed by atoms with Crippen molar-refractivity contribution in [3.8, 4) is 17.6 Å². The van der Waals surface area contributed by atoms with Crippen molar-refractivity contribution in [2.45, 2.75) is 42.9 Å². The first-order chi connectivity index (χ1) is 12.8. The maximum absolute atomic E-state index is 12.9. The average molecular weight is 398 g/mol. The molecule has 1 aromatic carbocycles. The van der Waals surface area contributed by atoms with Gasteiger partial charge >= 0.3 is 0 Å². The number of nitrogens with zero attached hydrogens (tertiary/aromatic N) is 1. The lowest BCUT2D eigenvalue weighted by molar-refractivity contribution is -0.135. The van der Waals surface area contributed by atoms with Crippen LogP contribution in [0, 0.1) is 11.8 Å². The lowest BCUT2D eigenvalue weighted by Gasteiger charge is -2.35. The molecule has 3 atom stereocenters. The lowest BCUT2D eigenvalue weighted by atomic mass is 10.0. The predicted molar refractivity (Wildman–Crippen MR) is 94.2 cm³/mol. The van der Waals surface area contributed by atoms with E-state index in [1.807, 2.05) is 0 Å². The van der Waals surface area contributed by atoms with Gasteiger partial charge in [0.15, 0.2) is 0 Å². The van der Waals surface area contributed by atoms with E-state index in [0.29, 0.717) is 5.75 Å². The molecule has 1 amide bonds. The third-order valence-corrected chi connectivity index (χ3v) is 5.87. The first-order valence-electron chi connectivity index (χ1n) is 8.29. The number of sulfonamides is 1. The molecule has 1 aliphatic heterocycles. The number of rotatable bonds is 5. The molecule has 9 nitrogen and oxygen atoms in total. The summed E-state index contributed by atoms with van der Waals surface area (Å²) in [6, 6.07) is 4.43. The minimum absolute atomic E-state index is 0.0358. The van der Waals surface area contributed by atoms with Gasteiger partial charge in [0.05, 0.1) is 11.0 Å². The van der Waals surface area contributed by atoms with Crippen LogP contribution in [0.5, 0.6) is 5.75 Å². The fourth-order valence-corrected chi connectivity index (χ4v) is 4.33. The fraction of sp³-hybridized carbons (Fsp3) is 0.471. The second-order valence-electron chi connectivity index (χ2n) is 6.05. The Labute approximate surface area is 157 Å². The van der Waals surface area contributed by atoms with Crippen LogP contribution in [0.4, 0.5) is 0 Å². The van der Waals surface area contributed by atoms with Crippen molar-refractivity contribution in [2.24, 2.45) is 0 Å². The Kier molecular flexibility index (Phi) is 7.18. The van der Waals surface area contributed by atoms with E-state index in [4.69, 9.17) is 15.1 Å². The zero-order chi connectivity index (χ0) is 20.0. The summed E-state index contributed by atoms with van der Waals surface area (Å²) < 4.78 is 32.0. The summed E-state index contributed by atoms with van der Waals surface area (Å²) in [6.45, 7) is 1.32. The maximum Gasteiger partial charge on any atom is 0.261 e. The van der Waals surface area contributed by atoms with Gasteiger partial charge in [0.2, 0.25) is 10.0 Å². The van der Waals surface area contributed by atoms with Gasteiger partial charge in [0.1, 0.15) is 24.5 Å². The van der Waals surface area contributed by atoms with Gasteiger partial charge in [0, 0.05) is 6.54 Å². The van der Waals surface area contributed by atoms with E-state index in [1.54, 1.807) is 0 Å². The molecule has 2 rings (SSSR count). The zero-order valence-electron chi connectivity index (χ0n) is 14.7. The number of hydroxylamine groups is 1. The Morgan fingerprint density at radius 1 is 1.37 bits per heavy atom. The molecule has 1 fully saturated rings. The monoisotopic (exact) mass is 398 g/mol. The van der Waals surface area contributed by atoms with Crippen LogP contribution in [0.2, 0.25) is 0 Å². The first-order valence-corrected chi connectivity index (χ1v) is 9.73. The summed E-state index contributed by atoms with van der Waals surface area (Å²) in [5, 5.41) is 27.7. The number of β-amino-alcohol motifs (C(OH)–C–C–N with tert-alkyl or cyclic N) is 1. The number of nitrogens with one attached hydrogen (secondary N) is 1. The molecular weight excluding hydrogens is 376 g/mol. The summed E-state index contributed by atoms with van der Waals surface area (Å²) in [5.74, 6) is 4.67. The van der Waals surface area contributed by atoms with Gasteiger partial charge in [-0.25, -0.2) is 13.9 Å². The highest BCUT2D eigenvalue weighted by atomic mass is 32.2. The molecule has 4 N–H and O–H groups in total. The molecule has 0 bridgehead atoms. The Hall–Kier alpha value is -2.16. The normalized spacial score (nSPS) is 21.6. The minimum Gasteiger partial charge on any atom is -0.481 e. The predicted octanol–water partition coefficient (Wildman–Crippen LogP) is -0.531. The molecule has 148 valence electrons. The van der Waals surface area contributed by atoms with Crippen LogP contribution in [0.3, 0.4) is 0 Å². The van der Waals surface area contributed by atoms with E-state index >= 15 is 0 Å². The molecule has 1 saturated heterocycles. The number of aliphatic hydroxyl groups is 2. The molecule has 1 aromatic rings. The molecule has 3 unspecified atom stereocenters. The minimum atomic E-state index is -4.07. The van der Waals surface area contributed by atoms with Crippen molar-refractivity contribution in [2.75, 3.05) is 13.2 Å². The van der Waals surface area contributed by atoms with Crippen LogP contribution in [0.15, 0.2) is 29.2 Å². The summed E-state index contributed by atoms with van der Waals surface area (Å²) in [4.78, 5) is 11.7. The summed E-state index contributed by atoms with van der Waals surface area (Å²) >= 11 is 0. The molecule has 10 heteroatoms. The smallest absolute Gasteiger partial charge is 0.261 e. The third-order valence-electron chi connectivity index (χ3n) is 3.98. The molecule has 1 aliphatic rings. The number of hydrogen-bond acceptors (Lipinski definition) is 7. The van der Waals surface area contributed by atoms with Crippen LogP contribution in [0.1, 0.15) is 19.8 Å². The first kappa shape index (κ1) is 21.1. The Morgan fingerprint density at radius 2 is 2.04 bits per heavy atom. The van der Waals surface area contributed by atoms with Crippen molar-refractivity contribution < 1.29 is 33.4 Å². The number of carbonyl (C=O) groups is 1. The number of carbonyl (C=O) groups excluding carboxylic acids is 1. The van der Waals surface area contributed by atoms with Gasteiger partial charge in [-0.1, -0.05) is 11.8 Å². The van der Waals surface area contributed by atoms with E-state index in [2.05, 4.69) is 11.8 Å². The molecule has 27 heavy (non-hydrogen) atoms. The van der Waals surface area contributed by atoms with Gasteiger partial charge in [-0.05, 0) is 44.0 Å². The number of amides is 1. The van der Waals surface area contributed by atoms with Crippen LogP contribution in [0.25, 0.3) is 0 Å². The van der Waals surface area contributed by atoms with E-state index in [9.17, 15) is 18.3 Å². The van der Waals surface area contributed by atoms with Crippen LogP contribution in [-0.4, -0.2) is 65.5 Å². The van der Waals surface area contributed by atoms with Crippen LogP contribution < -0.4 is 10.2 Å². The SMILES string of the molecule is CC(O)C#CCOc1ccc(S(=O)(=O)N2CC(O)CCC2C(=O)NO)cc1. The third kappa shape index (κ3) is 5.41. The van der Waals surface area contributed by atoms with Crippen molar-refractivity contribution in [1.29, 1.82) is 0 Å². The maximum atomic E-state index is 12.9. The van der Waals surface area contributed by atoms with Crippen molar-refractivity contribution >= 4 is 15.9 Å². The molecule has 0 aromatic heterocycles. The van der Waals surface area contributed by atoms with Crippen molar-refractivity contribution in [3.63, 3.8) is 0 Å². The topological polar surface area (TPSA) is 136 Å². The van der Waals surface area contributed by atoms with Gasteiger partial charge in [-0.2, -0.15) is 4.31 Å². The van der Waals surface area contributed by atoms with E-state index in [-0.39, 0.29) is 30.9 Å². The molecule has 1 heterocycles. The van der Waals surface area contributed by atoms with Crippen molar-refractivity contribution in [3.05, 3.63) is 24.3 Å². The molecular formula is C17H22N2O7S. The molecule has 0 spiro atoms. The largest absolute Gasteiger partial charge is 0.481 e. The highest BCUT2D eigenvalue weighted by Gasteiger charge is 2.40. The number of benzene rings is 1. The number of ether oxygens (including phenoxy) is 1. The Balaban J connectivity index is 2.17. The standard InChI is InChI=1S/C17H22N2O7S/c1-12(20)3-2-10-26-14-5-7-15(8-6-14)27(24,25)19-11-13(21)4-9-16(19)17(22)18-23/h5-8,12-13,16,20-21,23H,4,9-11H2,1H3,(H,18,22). The molecule has 0 saturated carbocycles. The Morgan fingerprint density at radius 3 is 2.63 bits per heavy atom. The highest BCUT2D eigenvalue weighted by Crippen LogP contribution is 2.27. The van der Waals surface area contributed by atoms with Crippen molar-refractivity contribution in [1.82, 2.24) is 9.79 Å². The molecule has 0 radical (unpaired) electrons. The summed E-state index contributed by atoms with van der Waals surface area (Å²) in [7, 11) is -4.07. The van der Waals surface area contributed by atoms with Gasteiger partial charge in [-0.15, -0.1) is 0 Å². The summed E-state index contributed by atoms with van der Waals surface area (Å²) in [6.07, 6.45) is -1.30. The zero-order valence-corrected chi connectivity index (χ0v) is 15.5. The van der Waals surface area contributed by atoms with Gasteiger partial charge in [-0.3, -0.25) is 10.0 Å². The van der Waals surface area contributed by atoms with Gasteiger partial charge in [0.25, 0.3) is 5.91 Å². The Bertz CT molecular complexity index is 812. The second-order valence-corrected chi connectivity index (χ2v) is 7.95.